The minimum absolute atomic E-state index is 0.0102. The molecule has 4 rings (SSSR count). The summed E-state index contributed by atoms with van der Waals surface area (Å²) in [6.07, 6.45) is -3.66. The first-order valence-corrected chi connectivity index (χ1v) is 11.0. The largest absolute Gasteiger partial charge is 0.491 e. The van der Waals surface area contributed by atoms with E-state index in [0.29, 0.717) is 37.2 Å². The van der Waals surface area contributed by atoms with Crippen molar-refractivity contribution in [3.63, 3.8) is 0 Å². The number of aromatic carboxylic acids is 1. The minimum Gasteiger partial charge on any atom is -0.491 e. The molecule has 2 aromatic carbocycles. The predicted octanol–water partition coefficient (Wildman–Crippen LogP) is 6.80. The number of benzene rings is 2. The van der Waals surface area contributed by atoms with Crippen LogP contribution in [0, 0.1) is 3.57 Å². The fourth-order valence-corrected chi connectivity index (χ4v) is 4.45. The molecule has 0 amide bonds. The topological polar surface area (TPSA) is 64.3 Å². The summed E-state index contributed by atoms with van der Waals surface area (Å²) in [5.41, 5.74) is 1.53. The van der Waals surface area contributed by atoms with E-state index in [0.717, 1.165) is 12.3 Å². The van der Waals surface area contributed by atoms with Crippen LogP contribution >= 0.6 is 22.6 Å². The van der Waals surface area contributed by atoms with Gasteiger partial charge in [-0.25, -0.2) is 4.79 Å². The summed E-state index contributed by atoms with van der Waals surface area (Å²) in [6.45, 7) is 3.84. The molecular weight excluding hydrogens is 548 g/mol. The molecule has 0 aliphatic carbocycles. The molecule has 0 saturated carbocycles. The number of halogens is 4. The van der Waals surface area contributed by atoms with Gasteiger partial charge in [0.15, 0.2) is 0 Å². The molecule has 170 valence electrons. The quantitative estimate of drug-likeness (QED) is 0.270. The molecule has 1 N–H and O–H groups in total. The van der Waals surface area contributed by atoms with Gasteiger partial charge >= 0.3 is 12.1 Å². The molecule has 0 aliphatic heterocycles. The van der Waals surface area contributed by atoms with E-state index in [1.54, 1.807) is 47.0 Å². The van der Waals surface area contributed by atoms with E-state index in [-0.39, 0.29) is 11.8 Å². The molecule has 0 unspecified atom stereocenters. The van der Waals surface area contributed by atoms with Gasteiger partial charge in [0.2, 0.25) is 0 Å². The highest BCUT2D eigenvalue weighted by Gasteiger charge is 2.30. The number of carboxylic acids is 1. The second kappa shape index (κ2) is 8.69. The number of carbonyl (C=O) groups is 1. The van der Waals surface area contributed by atoms with Crippen molar-refractivity contribution in [3.05, 3.63) is 75.6 Å². The Morgan fingerprint density at radius 2 is 1.79 bits per heavy atom. The first-order chi connectivity index (χ1) is 15.6. The van der Waals surface area contributed by atoms with Gasteiger partial charge in [0.1, 0.15) is 11.4 Å². The fourth-order valence-electron chi connectivity index (χ4n) is 3.55. The van der Waals surface area contributed by atoms with Crippen LogP contribution in [0.3, 0.4) is 0 Å². The SMILES string of the molecule is CC(C)Oc1ccc(-n2c(C(=O)O)c(I)c3cc(-c4ccc(C(F)(F)F)cn4)ccc32)cc1. The summed E-state index contributed by atoms with van der Waals surface area (Å²) in [5, 5.41) is 10.6. The standard InChI is InChI=1S/C24H18F3IN2O3/c1-13(2)33-17-7-5-16(6-8-17)30-20-10-3-14(11-18(20)21(28)22(30)23(31)32)19-9-4-15(12-29-19)24(25,26)27/h3-13H,1-2H3,(H,31,32). The highest BCUT2D eigenvalue weighted by Crippen LogP contribution is 2.35. The average Bonchev–Trinajstić information content (AvgIpc) is 3.05. The lowest BCUT2D eigenvalue weighted by atomic mass is 10.1. The number of hydrogen-bond acceptors (Lipinski definition) is 3. The summed E-state index contributed by atoms with van der Waals surface area (Å²) in [6, 6.07) is 14.6. The van der Waals surface area contributed by atoms with Gasteiger partial charge < -0.3 is 14.4 Å². The molecule has 2 heterocycles. The third-order valence-corrected chi connectivity index (χ3v) is 6.05. The Bertz CT molecular complexity index is 1330. The van der Waals surface area contributed by atoms with Gasteiger partial charge in [-0.05, 0) is 85.0 Å². The Morgan fingerprint density at radius 1 is 1.09 bits per heavy atom. The highest BCUT2D eigenvalue weighted by atomic mass is 127. The van der Waals surface area contributed by atoms with Crippen LogP contribution in [0.1, 0.15) is 29.9 Å². The molecule has 0 bridgehead atoms. The van der Waals surface area contributed by atoms with Crippen molar-refractivity contribution in [3.8, 4) is 22.7 Å². The molecular formula is C24H18F3IN2O3. The van der Waals surface area contributed by atoms with Crippen LogP contribution < -0.4 is 4.74 Å². The summed E-state index contributed by atoms with van der Waals surface area (Å²) >= 11 is 1.98. The van der Waals surface area contributed by atoms with Gasteiger partial charge in [-0.2, -0.15) is 13.2 Å². The van der Waals surface area contributed by atoms with E-state index < -0.39 is 17.7 Å². The van der Waals surface area contributed by atoms with E-state index in [9.17, 15) is 23.1 Å². The van der Waals surface area contributed by atoms with Gasteiger partial charge in [0, 0.05) is 22.8 Å². The molecule has 33 heavy (non-hydrogen) atoms. The van der Waals surface area contributed by atoms with Crippen LogP contribution in [0.2, 0.25) is 0 Å². The molecule has 2 aromatic heterocycles. The van der Waals surface area contributed by atoms with Crippen LogP contribution in [0.4, 0.5) is 13.2 Å². The highest BCUT2D eigenvalue weighted by molar-refractivity contribution is 14.1. The number of hydrogen-bond donors (Lipinski definition) is 1. The van der Waals surface area contributed by atoms with Crippen LogP contribution in [-0.4, -0.2) is 26.7 Å². The number of carboxylic acid groups (broad SMARTS) is 1. The Balaban J connectivity index is 1.82. The zero-order chi connectivity index (χ0) is 23.9. The molecule has 0 fully saturated rings. The number of alkyl halides is 3. The first-order valence-electron chi connectivity index (χ1n) is 9.94. The normalized spacial score (nSPS) is 11.8. The van der Waals surface area contributed by atoms with Crippen LogP contribution in [0.15, 0.2) is 60.8 Å². The van der Waals surface area contributed by atoms with Crippen molar-refractivity contribution in [1.29, 1.82) is 0 Å². The lowest BCUT2D eigenvalue weighted by Gasteiger charge is -2.12. The molecule has 0 aliphatic rings. The predicted molar refractivity (Wildman–Crippen MR) is 127 cm³/mol. The molecule has 4 aromatic rings. The Kier molecular flexibility index (Phi) is 6.08. The van der Waals surface area contributed by atoms with Gasteiger partial charge in [-0.15, -0.1) is 0 Å². The maximum Gasteiger partial charge on any atom is 0.417 e. The van der Waals surface area contributed by atoms with Crippen LogP contribution in [-0.2, 0) is 6.18 Å². The lowest BCUT2D eigenvalue weighted by Crippen LogP contribution is -2.08. The summed E-state index contributed by atoms with van der Waals surface area (Å²) in [7, 11) is 0. The van der Waals surface area contributed by atoms with Gasteiger partial charge in [-0.1, -0.05) is 6.07 Å². The third-order valence-electron chi connectivity index (χ3n) is 4.96. The Hall–Kier alpha value is -3.08. The fraction of sp³-hybridized carbons (Fsp3) is 0.167. The molecule has 9 heteroatoms. The summed E-state index contributed by atoms with van der Waals surface area (Å²) in [5.74, 6) is -0.417. The number of aromatic nitrogens is 2. The third kappa shape index (κ3) is 4.54. The maximum absolute atomic E-state index is 12.8. The van der Waals surface area contributed by atoms with Crippen LogP contribution in [0.25, 0.3) is 27.8 Å². The van der Waals surface area contributed by atoms with Gasteiger partial charge in [0.25, 0.3) is 0 Å². The average molecular weight is 566 g/mol. The number of rotatable bonds is 5. The van der Waals surface area contributed by atoms with Crippen LogP contribution in [0.5, 0.6) is 5.75 Å². The summed E-state index contributed by atoms with van der Waals surface area (Å²) in [4.78, 5) is 16.1. The van der Waals surface area contributed by atoms with E-state index in [4.69, 9.17) is 4.74 Å². The number of pyridine rings is 1. The van der Waals surface area contributed by atoms with E-state index in [2.05, 4.69) is 4.98 Å². The zero-order valence-electron chi connectivity index (χ0n) is 17.5. The molecule has 0 radical (unpaired) electrons. The number of nitrogens with zero attached hydrogens (tertiary/aromatic N) is 2. The van der Waals surface area contributed by atoms with Gasteiger partial charge in [0.05, 0.1) is 26.4 Å². The number of ether oxygens (including phenoxy) is 1. The minimum atomic E-state index is -4.46. The molecule has 0 saturated heterocycles. The van der Waals surface area contributed by atoms with E-state index >= 15 is 0 Å². The molecule has 5 nitrogen and oxygen atoms in total. The zero-order valence-corrected chi connectivity index (χ0v) is 19.7. The Labute approximate surface area is 201 Å². The number of fused-ring (bicyclic) bond motifs is 1. The van der Waals surface area contributed by atoms with Crippen molar-refractivity contribution in [2.75, 3.05) is 0 Å². The molecule has 0 atom stereocenters. The van der Waals surface area contributed by atoms with Crippen molar-refractivity contribution >= 4 is 39.5 Å². The maximum atomic E-state index is 12.8. The second-order valence-corrected chi connectivity index (χ2v) is 8.70. The smallest absolute Gasteiger partial charge is 0.417 e. The van der Waals surface area contributed by atoms with Crippen molar-refractivity contribution in [2.45, 2.75) is 26.1 Å². The van der Waals surface area contributed by atoms with E-state index in [1.807, 2.05) is 36.4 Å². The first kappa shape index (κ1) is 23.1. The summed E-state index contributed by atoms with van der Waals surface area (Å²) < 4.78 is 46.4. The van der Waals surface area contributed by atoms with Crippen molar-refractivity contribution in [1.82, 2.24) is 9.55 Å². The lowest BCUT2D eigenvalue weighted by molar-refractivity contribution is -0.137. The van der Waals surface area contributed by atoms with Gasteiger partial charge in [-0.3, -0.25) is 4.98 Å². The Morgan fingerprint density at radius 3 is 2.33 bits per heavy atom. The monoisotopic (exact) mass is 566 g/mol. The van der Waals surface area contributed by atoms with E-state index in [1.165, 1.54) is 6.07 Å². The van der Waals surface area contributed by atoms with Crippen molar-refractivity contribution in [2.24, 2.45) is 0 Å². The van der Waals surface area contributed by atoms with Crippen molar-refractivity contribution < 1.29 is 27.8 Å². The molecule has 0 spiro atoms. The second-order valence-electron chi connectivity index (χ2n) is 7.63.